The van der Waals surface area contributed by atoms with Gasteiger partial charge in [0.1, 0.15) is 5.60 Å². The summed E-state index contributed by atoms with van der Waals surface area (Å²) in [5, 5.41) is 4.36. The lowest BCUT2D eigenvalue weighted by Gasteiger charge is -2.20. The van der Waals surface area contributed by atoms with Crippen LogP contribution in [-0.2, 0) is 15.7 Å². The highest BCUT2D eigenvalue weighted by atomic mass is 35.5. The highest BCUT2D eigenvalue weighted by molar-refractivity contribution is 6.31. The second-order valence-electron chi connectivity index (χ2n) is 8.11. The SMILES string of the molecule is CN(CC(=O)Nc1ccc(Cl)c(C(F)(F)F)c1)C(=O)c1ccc(NC(=O)OC(C)(C)C)cc1. The normalized spacial score (nSPS) is 11.5. The Balaban J connectivity index is 1.97. The van der Waals surface area contributed by atoms with Crippen molar-refractivity contribution in [2.24, 2.45) is 0 Å². The fourth-order valence-corrected chi connectivity index (χ4v) is 2.87. The summed E-state index contributed by atoms with van der Waals surface area (Å²) in [6, 6.07) is 8.89. The van der Waals surface area contributed by atoms with Crippen molar-refractivity contribution in [1.29, 1.82) is 0 Å². The summed E-state index contributed by atoms with van der Waals surface area (Å²) < 4.78 is 44.0. The molecule has 0 unspecified atom stereocenters. The second-order valence-corrected chi connectivity index (χ2v) is 8.51. The molecule has 0 aliphatic rings. The zero-order valence-electron chi connectivity index (χ0n) is 18.3. The quantitative estimate of drug-likeness (QED) is 0.592. The average molecular weight is 486 g/mol. The molecular weight excluding hydrogens is 463 g/mol. The van der Waals surface area contributed by atoms with Gasteiger partial charge in [-0.3, -0.25) is 14.9 Å². The van der Waals surface area contributed by atoms with Crippen LogP contribution in [0.2, 0.25) is 5.02 Å². The summed E-state index contributed by atoms with van der Waals surface area (Å²) in [5.74, 6) is -1.19. The van der Waals surface area contributed by atoms with Crippen LogP contribution in [0.25, 0.3) is 0 Å². The number of hydrogen-bond donors (Lipinski definition) is 2. The maximum Gasteiger partial charge on any atom is 0.417 e. The first-order valence-corrected chi connectivity index (χ1v) is 10.1. The van der Waals surface area contributed by atoms with Crippen molar-refractivity contribution in [1.82, 2.24) is 4.90 Å². The smallest absolute Gasteiger partial charge is 0.417 e. The lowest BCUT2D eigenvalue weighted by atomic mass is 10.1. The molecule has 33 heavy (non-hydrogen) atoms. The van der Waals surface area contributed by atoms with Crippen LogP contribution < -0.4 is 10.6 Å². The maximum absolute atomic E-state index is 13.0. The Morgan fingerprint density at radius 3 is 2.09 bits per heavy atom. The molecule has 178 valence electrons. The van der Waals surface area contributed by atoms with E-state index in [1.807, 2.05) is 0 Å². The van der Waals surface area contributed by atoms with Crippen molar-refractivity contribution >= 4 is 40.9 Å². The van der Waals surface area contributed by atoms with Gasteiger partial charge in [-0.1, -0.05) is 11.6 Å². The van der Waals surface area contributed by atoms with E-state index >= 15 is 0 Å². The zero-order chi connectivity index (χ0) is 25.0. The highest BCUT2D eigenvalue weighted by Gasteiger charge is 2.33. The number of likely N-dealkylation sites (N-methyl/N-ethyl adjacent to an activating group) is 1. The molecule has 0 atom stereocenters. The minimum atomic E-state index is -4.67. The number of carbonyl (C=O) groups excluding carboxylic acids is 3. The van der Waals surface area contributed by atoms with Crippen molar-refractivity contribution in [2.75, 3.05) is 24.2 Å². The minimum absolute atomic E-state index is 0.102. The number of benzene rings is 2. The maximum atomic E-state index is 13.0. The van der Waals surface area contributed by atoms with Crippen LogP contribution in [0.15, 0.2) is 42.5 Å². The summed E-state index contributed by atoms with van der Waals surface area (Å²) in [6.45, 7) is 4.77. The summed E-state index contributed by atoms with van der Waals surface area (Å²) in [4.78, 5) is 37.7. The van der Waals surface area contributed by atoms with E-state index in [0.717, 1.165) is 17.0 Å². The summed E-state index contributed by atoms with van der Waals surface area (Å²) >= 11 is 5.56. The molecule has 2 aromatic rings. The molecule has 0 aliphatic carbocycles. The van der Waals surface area contributed by atoms with Gasteiger partial charge in [0.15, 0.2) is 0 Å². The Kier molecular flexibility index (Phi) is 7.97. The molecular formula is C22H23ClF3N3O4. The molecule has 2 aromatic carbocycles. The number of amides is 3. The van der Waals surface area contributed by atoms with Crippen LogP contribution in [0.3, 0.4) is 0 Å². The molecule has 2 N–H and O–H groups in total. The number of carbonyl (C=O) groups is 3. The molecule has 2 rings (SSSR count). The van der Waals surface area contributed by atoms with Gasteiger partial charge in [-0.2, -0.15) is 13.2 Å². The first kappa shape index (κ1) is 26.0. The van der Waals surface area contributed by atoms with E-state index in [2.05, 4.69) is 10.6 Å². The van der Waals surface area contributed by atoms with Crippen LogP contribution in [0.4, 0.5) is 29.3 Å². The summed E-state index contributed by atoms with van der Waals surface area (Å²) in [5.41, 5.74) is -1.19. The topological polar surface area (TPSA) is 87.7 Å². The predicted octanol–water partition coefficient (Wildman–Crippen LogP) is 5.42. The van der Waals surface area contributed by atoms with Crippen LogP contribution >= 0.6 is 11.6 Å². The second kappa shape index (κ2) is 10.1. The van der Waals surface area contributed by atoms with Gasteiger partial charge in [0.2, 0.25) is 5.91 Å². The van der Waals surface area contributed by atoms with Gasteiger partial charge in [-0.05, 0) is 63.2 Å². The standard InChI is InChI=1S/C22H23ClF3N3O4/c1-21(2,3)33-20(32)28-14-7-5-13(6-8-14)19(31)29(4)12-18(30)27-15-9-10-17(23)16(11-15)22(24,25)26/h5-11H,12H2,1-4H3,(H,27,30)(H,28,32). The van der Waals surface area contributed by atoms with Crippen molar-refractivity contribution in [3.8, 4) is 0 Å². The molecule has 11 heteroatoms. The summed E-state index contributed by atoms with van der Waals surface area (Å²) in [6.07, 6.45) is -5.32. The molecule has 0 bridgehead atoms. The number of halogens is 4. The number of rotatable bonds is 5. The van der Waals surface area contributed by atoms with Gasteiger partial charge in [0, 0.05) is 24.0 Å². The number of ether oxygens (including phenoxy) is 1. The zero-order valence-corrected chi connectivity index (χ0v) is 19.1. The number of alkyl halides is 3. The van der Waals surface area contributed by atoms with Gasteiger partial charge in [-0.25, -0.2) is 4.79 Å². The number of anilines is 2. The molecule has 0 heterocycles. The Hall–Kier alpha value is -3.27. The molecule has 0 fully saturated rings. The molecule has 0 saturated heterocycles. The largest absolute Gasteiger partial charge is 0.444 e. The van der Waals surface area contributed by atoms with Crippen molar-refractivity contribution in [3.05, 3.63) is 58.6 Å². The van der Waals surface area contributed by atoms with E-state index in [1.54, 1.807) is 20.8 Å². The fourth-order valence-electron chi connectivity index (χ4n) is 2.65. The van der Waals surface area contributed by atoms with Crippen LogP contribution in [-0.4, -0.2) is 42.0 Å². The molecule has 0 spiro atoms. The third kappa shape index (κ3) is 7.98. The van der Waals surface area contributed by atoms with Crippen molar-refractivity contribution in [2.45, 2.75) is 32.5 Å². The van der Waals surface area contributed by atoms with E-state index in [-0.39, 0.29) is 11.3 Å². The average Bonchev–Trinajstić information content (AvgIpc) is 2.67. The van der Waals surface area contributed by atoms with Gasteiger partial charge in [-0.15, -0.1) is 0 Å². The molecule has 0 aliphatic heterocycles. The van der Waals surface area contributed by atoms with E-state index in [0.29, 0.717) is 5.69 Å². The Morgan fingerprint density at radius 1 is 0.970 bits per heavy atom. The predicted molar refractivity (Wildman–Crippen MR) is 118 cm³/mol. The Bertz CT molecular complexity index is 1030. The van der Waals surface area contributed by atoms with Gasteiger partial charge >= 0.3 is 12.3 Å². The summed E-state index contributed by atoms with van der Waals surface area (Å²) in [7, 11) is 1.37. The molecule has 3 amide bonds. The van der Waals surface area contributed by atoms with Crippen molar-refractivity contribution in [3.63, 3.8) is 0 Å². The fraction of sp³-hybridized carbons (Fsp3) is 0.318. The first-order chi connectivity index (χ1) is 15.2. The van der Waals surface area contributed by atoms with Gasteiger partial charge < -0.3 is 15.0 Å². The molecule has 0 saturated carbocycles. The third-order valence-corrected chi connectivity index (χ3v) is 4.39. The van der Waals surface area contributed by atoms with Crippen LogP contribution in [0, 0.1) is 0 Å². The molecule has 7 nitrogen and oxygen atoms in total. The van der Waals surface area contributed by atoms with Crippen LogP contribution in [0.5, 0.6) is 0 Å². The van der Waals surface area contributed by atoms with E-state index in [1.165, 1.54) is 37.4 Å². The number of hydrogen-bond acceptors (Lipinski definition) is 4. The van der Waals surface area contributed by atoms with Gasteiger partial charge in [0.05, 0.1) is 17.1 Å². The lowest BCUT2D eigenvalue weighted by molar-refractivity contribution is -0.137. The number of nitrogens with one attached hydrogen (secondary N) is 2. The van der Waals surface area contributed by atoms with Crippen molar-refractivity contribution < 1.29 is 32.3 Å². The number of nitrogens with zero attached hydrogens (tertiary/aromatic N) is 1. The van der Waals surface area contributed by atoms with E-state index < -0.39 is 46.8 Å². The van der Waals surface area contributed by atoms with E-state index in [9.17, 15) is 27.6 Å². The monoisotopic (exact) mass is 485 g/mol. The highest BCUT2D eigenvalue weighted by Crippen LogP contribution is 2.36. The minimum Gasteiger partial charge on any atom is -0.444 e. The van der Waals surface area contributed by atoms with E-state index in [4.69, 9.17) is 16.3 Å². The third-order valence-electron chi connectivity index (χ3n) is 4.06. The van der Waals surface area contributed by atoms with Crippen LogP contribution in [0.1, 0.15) is 36.7 Å². The lowest BCUT2D eigenvalue weighted by Crippen LogP contribution is -2.35. The molecule has 0 aromatic heterocycles. The Morgan fingerprint density at radius 2 is 1.55 bits per heavy atom. The first-order valence-electron chi connectivity index (χ1n) is 9.68. The Labute approximate surface area is 193 Å². The molecule has 0 radical (unpaired) electrons. The van der Waals surface area contributed by atoms with Gasteiger partial charge in [0.25, 0.3) is 5.91 Å².